The minimum atomic E-state index is -0.318. The van der Waals surface area contributed by atoms with Gasteiger partial charge in [0, 0.05) is 0 Å². The van der Waals surface area contributed by atoms with Gasteiger partial charge in [0.2, 0.25) is 10.9 Å². The van der Waals surface area contributed by atoms with E-state index in [1.807, 2.05) is 0 Å². The van der Waals surface area contributed by atoms with E-state index in [2.05, 4.69) is 13.8 Å². The molecule has 0 spiro atoms. The van der Waals surface area contributed by atoms with Gasteiger partial charge < -0.3 is 0 Å². The third-order valence-electron chi connectivity index (χ3n) is 2.60. The standard InChI is InChI=1S/C10H15BO2/c1-3-5-7(4-2)11-8-6-9(12)10(8)13/h6-7,11H,3-5H2,1-2H3. The quantitative estimate of drug-likeness (QED) is 0.481. The van der Waals surface area contributed by atoms with E-state index in [0.717, 1.165) is 32.0 Å². The highest BCUT2D eigenvalue weighted by atomic mass is 16.2. The van der Waals surface area contributed by atoms with Gasteiger partial charge in [0.05, 0.1) is 0 Å². The summed E-state index contributed by atoms with van der Waals surface area (Å²) in [5.41, 5.74) is 0.168. The molecule has 0 aromatic heterocycles. The van der Waals surface area contributed by atoms with E-state index in [9.17, 15) is 9.59 Å². The van der Waals surface area contributed by atoms with Crippen molar-refractivity contribution >= 4 is 12.7 Å². The van der Waals surface area contributed by atoms with E-state index in [1.165, 1.54) is 6.07 Å². The van der Waals surface area contributed by atoms with Crippen LogP contribution in [-0.2, 0) is 0 Å². The third-order valence-corrected chi connectivity index (χ3v) is 2.60. The first-order chi connectivity index (χ1) is 6.19. The number of hydrogen-bond acceptors (Lipinski definition) is 2. The van der Waals surface area contributed by atoms with Crippen molar-refractivity contribution in [3.63, 3.8) is 0 Å². The van der Waals surface area contributed by atoms with Gasteiger partial charge in [-0.3, -0.25) is 9.59 Å². The van der Waals surface area contributed by atoms with E-state index in [0.29, 0.717) is 5.82 Å². The predicted octanol–water partition coefficient (Wildman–Crippen LogP) is 0.343. The van der Waals surface area contributed by atoms with Gasteiger partial charge in [-0.1, -0.05) is 38.9 Å². The molecule has 0 aliphatic heterocycles. The zero-order chi connectivity index (χ0) is 9.84. The largest absolute Gasteiger partial charge is 0.286 e. The summed E-state index contributed by atoms with van der Waals surface area (Å²) in [5, 5.41) is 0. The average molecular weight is 178 g/mol. The Bertz CT molecular complexity index is 336. The van der Waals surface area contributed by atoms with Crippen molar-refractivity contribution < 1.29 is 0 Å². The second kappa shape index (κ2) is 4.40. The van der Waals surface area contributed by atoms with E-state index < -0.39 is 0 Å². The summed E-state index contributed by atoms with van der Waals surface area (Å²) in [4.78, 5) is 21.6. The SMILES string of the molecule is CCCC(Bc1cc(=O)c1=O)CC. The van der Waals surface area contributed by atoms with E-state index in [4.69, 9.17) is 0 Å². The molecule has 0 radical (unpaired) electrons. The molecule has 13 heavy (non-hydrogen) atoms. The number of hydrogen-bond donors (Lipinski definition) is 0. The summed E-state index contributed by atoms with van der Waals surface area (Å²) in [7, 11) is 0.801. The lowest BCUT2D eigenvalue weighted by Crippen LogP contribution is -2.50. The van der Waals surface area contributed by atoms with Crippen molar-refractivity contribution in [1.82, 2.24) is 0 Å². The van der Waals surface area contributed by atoms with Crippen molar-refractivity contribution in [2.75, 3.05) is 0 Å². The minimum absolute atomic E-state index is 0.255. The predicted molar refractivity (Wildman–Crippen MR) is 57.1 cm³/mol. The summed E-state index contributed by atoms with van der Waals surface area (Å²) >= 11 is 0. The molecule has 0 amide bonds. The van der Waals surface area contributed by atoms with E-state index in [-0.39, 0.29) is 10.9 Å². The van der Waals surface area contributed by atoms with Crippen molar-refractivity contribution in [2.24, 2.45) is 0 Å². The van der Waals surface area contributed by atoms with Gasteiger partial charge in [-0.05, 0) is 11.5 Å². The second-order valence-electron chi connectivity index (χ2n) is 3.63. The van der Waals surface area contributed by atoms with Crippen LogP contribution in [0.5, 0.6) is 0 Å². The van der Waals surface area contributed by atoms with Crippen LogP contribution in [0.1, 0.15) is 33.1 Å². The summed E-state index contributed by atoms with van der Waals surface area (Å²) in [5.74, 6) is 0.577. The van der Waals surface area contributed by atoms with Crippen LogP contribution in [0, 0.1) is 0 Å². The Hall–Kier alpha value is -0.855. The van der Waals surface area contributed by atoms with Crippen LogP contribution in [0.25, 0.3) is 0 Å². The lowest BCUT2D eigenvalue weighted by molar-refractivity contribution is 0.695. The topological polar surface area (TPSA) is 34.1 Å². The minimum Gasteiger partial charge on any atom is -0.286 e. The van der Waals surface area contributed by atoms with Gasteiger partial charge in [-0.2, -0.15) is 0 Å². The van der Waals surface area contributed by atoms with Gasteiger partial charge in [0.25, 0.3) is 0 Å². The van der Waals surface area contributed by atoms with Gasteiger partial charge in [0.1, 0.15) is 0 Å². The maximum Gasteiger partial charge on any atom is 0.224 e. The average Bonchev–Trinajstić information content (AvgIpc) is 2.15. The molecule has 0 fully saturated rings. The second-order valence-corrected chi connectivity index (χ2v) is 3.63. The van der Waals surface area contributed by atoms with Gasteiger partial charge in [-0.25, -0.2) is 0 Å². The fourth-order valence-electron chi connectivity index (χ4n) is 1.69. The van der Waals surface area contributed by atoms with E-state index in [1.54, 1.807) is 0 Å². The molecule has 2 nitrogen and oxygen atoms in total. The molecule has 1 unspecified atom stereocenters. The highest BCUT2D eigenvalue weighted by Gasteiger charge is 2.15. The molecule has 0 N–H and O–H groups in total. The molecule has 1 aromatic rings. The zero-order valence-electron chi connectivity index (χ0n) is 8.30. The van der Waals surface area contributed by atoms with Crippen molar-refractivity contribution in [3.05, 3.63) is 26.5 Å². The molecule has 0 heterocycles. The Morgan fingerprint density at radius 1 is 1.38 bits per heavy atom. The molecule has 3 heteroatoms. The Balaban J connectivity index is 2.54. The lowest BCUT2D eigenvalue weighted by atomic mass is 9.55. The summed E-state index contributed by atoms with van der Waals surface area (Å²) in [6.45, 7) is 4.27. The number of rotatable bonds is 5. The molecule has 0 saturated heterocycles. The van der Waals surface area contributed by atoms with Crippen LogP contribution >= 0.6 is 0 Å². The first-order valence-corrected chi connectivity index (χ1v) is 4.98. The maximum absolute atomic E-state index is 11.0. The molecule has 1 aromatic carbocycles. The Kier molecular flexibility index (Phi) is 3.46. The maximum atomic E-state index is 11.0. The molecule has 0 aliphatic rings. The van der Waals surface area contributed by atoms with Crippen LogP contribution in [0.15, 0.2) is 15.7 Å². The van der Waals surface area contributed by atoms with Gasteiger partial charge in [0.15, 0.2) is 7.28 Å². The molecule has 1 rings (SSSR count). The van der Waals surface area contributed by atoms with Crippen LogP contribution in [-0.4, -0.2) is 7.28 Å². The third kappa shape index (κ3) is 2.30. The van der Waals surface area contributed by atoms with Crippen molar-refractivity contribution in [3.8, 4) is 0 Å². The molecular formula is C10H15BO2. The summed E-state index contributed by atoms with van der Waals surface area (Å²) in [6.07, 6.45) is 3.38. The Morgan fingerprint density at radius 2 is 2.08 bits per heavy atom. The normalized spacial score (nSPS) is 13.1. The van der Waals surface area contributed by atoms with Gasteiger partial charge >= 0.3 is 0 Å². The fraction of sp³-hybridized carbons (Fsp3) is 0.600. The van der Waals surface area contributed by atoms with Crippen LogP contribution in [0.4, 0.5) is 0 Å². The zero-order valence-corrected chi connectivity index (χ0v) is 8.30. The summed E-state index contributed by atoms with van der Waals surface area (Å²) < 4.78 is 0. The molecule has 70 valence electrons. The van der Waals surface area contributed by atoms with Crippen molar-refractivity contribution in [1.29, 1.82) is 0 Å². The monoisotopic (exact) mass is 178 g/mol. The lowest BCUT2D eigenvalue weighted by Gasteiger charge is -2.11. The van der Waals surface area contributed by atoms with Crippen LogP contribution < -0.4 is 16.3 Å². The van der Waals surface area contributed by atoms with Gasteiger partial charge in [-0.15, -0.1) is 0 Å². The molecular weight excluding hydrogens is 163 g/mol. The van der Waals surface area contributed by atoms with E-state index >= 15 is 0 Å². The van der Waals surface area contributed by atoms with Crippen LogP contribution in [0.3, 0.4) is 0 Å². The Labute approximate surface area is 78.9 Å². The van der Waals surface area contributed by atoms with Crippen LogP contribution in [0.2, 0.25) is 5.82 Å². The highest BCUT2D eigenvalue weighted by molar-refractivity contribution is 6.55. The first-order valence-electron chi connectivity index (χ1n) is 4.98. The first kappa shape index (κ1) is 10.2. The Morgan fingerprint density at radius 3 is 2.46 bits per heavy atom. The molecule has 0 bridgehead atoms. The molecule has 0 aliphatic carbocycles. The molecule has 1 atom stereocenters. The highest BCUT2D eigenvalue weighted by Crippen LogP contribution is 2.14. The summed E-state index contributed by atoms with van der Waals surface area (Å²) in [6, 6.07) is 1.49. The van der Waals surface area contributed by atoms with Crippen molar-refractivity contribution in [2.45, 2.75) is 38.9 Å². The molecule has 0 saturated carbocycles. The fourth-order valence-corrected chi connectivity index (χ4v) is 1.69. The smallest absolute Gasteiger partial charge is 0.224 e.